The molecule has 4 rings (SSSR count). The maximum absolute atomic E-state index is 12.5. The van der Waals surface area contributed by atoms with Crippen molar-refractivity contribution in [2.75, 3.05) is 33.3 Å². The Morgan fingerprint density at radius 2 is 1.78 bits per heavy atom. The van der Waals surface area contributed by atoms with Gasteiger partial charge in [0.05, 0.1) is 13.7 Å². The number of hydrogen-bond donors (Lipinski definition) is 0. The third-order valence-electron chi connectivity index (χ3n) is 5.16. The summed E-state index contributed by atoms with van der Waals surface area (Å²) in [6.45, 7) is 3.24. The standard InChI is InChI=1S/C23H22Cl2N4O3/c1-31-20-5-3-17(4-6-20)23-26-21(32-27-23)15-28-8-10-29(11-9-28)22(30)7-2-16-12-18(24)14-19(25)13-16/h2-7,12-14H,8-11,15H2,1H3/b7-2+. The summed E-state index contributed by atoms with van der Waals surface area (Å²) in [5, 5.41) is 5.14. The molecule has 0 aliphatic carbocycles. The quantitative estimate of drug-likeness (QED) is 0.494. The molecular formula is C23H22Cl2N4O3. The maximum Gasteiger partial charge on any atom is 0.246 e. The SMILES string of the molecule is COc1ccc(-c2noc(CN3CCN(C(=O)/C=C/c4cc(Cl)cc(Cl)c4)CC3)n2)cc1. The Bertz CT molecular complexity index is 1090. The fourth-order valence-electron chi connectivity index (χ4n) is 3.44. The first-order chi connectivity index (χ1) is 15.5. The van der Waals surface area contributed by atoms with Crippen molar-refractivity contribution in [1.29, 1.82) is 0 Å². The summed E-state index contributed by atoms with van der Waals surface area (Å²) in [7, 11) is 1.63. The molecule has 0 atom stereocenters. The summed E-state index contributed by atoms with van der Waals surface area (Å²) < 4.78 is 10.6. The van der Waals surface area contributed by atoms with E-state index in [1.807, 2.05) is 29.2 Å². The van der Waals surface area contributed by atoms with Crippen LogP contribution in [0.4, 0.5) is 0 Å². The van der Waals surface area contributed by atoms with E-state index in [0.29, 0.717) is 41.4 Å². The Labute approximate surface area is 196 Å². The molecule has 3 aromatic rings. The second-order valence-electron chi connectivity index (χ2n) is 7.38. The van der Waals surface area contributed by atoms with Gasteiger partial charge in [0.2, 0.25) is 17.6 Å². The summed E-state index contributed by atoms with van der Waals surface area (Å²) in [4.78, 5) is 21.0. The zero-order valence-electron chi connectivity index (χ0n) is 17.5. The molecule has 0 N–H and O–H groups in total. The number of ether oxygens (including phenoxy) is 1. The van der Waals surface area contributed by atoms with E-state index in [9.17, 15) is 4.79 Å². The number of aromatic nitrogens is 2. The third-order valence-corrected chi connectivity index (χ3v) is 5.60. The van der Waals surface area contributed by atoms with E-state index in [1.165, 1.54) is 0 Å². The number of nitrogens with zero attached hydrogens (tertiary/aromatic N) is 4. The number of benzene rings is 2. The molecule has 0 radical (unpaired) electrons. The first-order valence-corrected chi connectivity index (χ1v) is 10.9. The molecule has 2 aromatic carbocycles. The van der Waals surface area contributed by atoms with Gasteiger partial charge >= 0.3 is 0 Å². The number of rotatable bonds is 6. The Hall–Kier alpha value is -2.87. The molecule has 0 unspecified atom stereocenters. The van der Waals surface area contributed by atoms with Gasteiger partial charge in [-0.25, -0.2) is 0 Å². The Balaban J connectivity index is 1.29. The van der Waals surface area contributed by atoms with Gasteiger partial charge in [0.1, 0.15) is 5.75 Å². The van der Waals surface area contributed by atoms with Crippen LogP contribution in [0.25, 0.3) is 17.5 Å². The predicted molar refractivity (Wildman–Crippen MR) is 124 cm³/mol. The van der Waals surface area contributed by atoms with Gasteiger partial charge in [-0.1, -0.05) is 28.4 Å². The number of carbonyl (C=O) groups is 1. The molecule has 32 heavy (non-hydrogen) atoms. The van der Waals surface area contributed by atoms with E-state index in [1.54, 1.807) is 37.5 Å². The monoisotopic (exact) mass is 472 g/mol. The van der Waals surface area contributed by atoms with Crippen molar-refractivity contribution in [3.8, 4) is 17.1 Å². The molecule has 1 aliphatic rings. The minimum atomic E-state index is -0.0414. The highest BCUT2D eigenvalue weighted by Gasteiger charge is 2.21. The fraction of sp³-hybridized carbons (Fsp3) is 0.261. The highest BCUT2D eigenvalue weighted by atomic mass is 35.5. The molecule has 166 valence electrons. The van der Waals surface area contributed by atoms with Gasteiger partial charge < -0.3 is 14.2 Å². The lowest BCUT2D eigenvalue weighted by Crippen LogP contribution is -2.47. The van der Waals surface area contributed by atoms with Crippen molar-refractivity contribution < 1.29 is 14.1 Å². The number of amides is 1. The molecule has 1 amide bonds. The zero-order valence-corrected chi connectivity index (χ0v) is 19.0. The fourth-order valence-corrected chi connectivity index (χ4v) is 3.98. The van der Waals surface area contributed by atoms with Crippen LogP contribution in [0, 0.1) is 0 Å². The lowest BCUT2D eigenvalue weighted by atomic mass is 10.2. The second-order valence-corrected chi connectivity index (χ2v) is 8.25. The van der Waals surface area contributed by atoms with E-state index < -0.39 is 0 Å². The van der Waals surface area contributed by atoms with Crippen LogP contribution >= 0.6 is 23.2 Å². The number of hydrogen-bond acceptors (Lipinski definition) is 6. The van der Waals surface area contributed by atoms with Crippen LogP contribution in [0.3, 0.4) is 0 Å². The number of piperazine rings is 1. The summed E-state index contributed by atoms with van der Waals surface area (Å²) in [5.41, 5.74) is 1.66. The summed E-state index contributed by atoms with van der Waals surface area (Å²) >= 11 is 12.0. The van der Waals surface area contributed by atoms with Gasteiger partial charge in [-0.05, 0) is 54.1 Å². The number of carbonyl (C=O) groups excluding carboxylic acids is 1. The first-order valence-electron chi connectivity index (χ1n) is 10.1. The van der Waals surface area contributed by atoms with Crippen LogP contribution < -0.4 is 4.74 Å². The first kappa shape index (κ1) is 22.3. The minimum Gasteiger partial charge on any atom is -0.497 e. The smallest absolute Gasteiger partial charge is 0.246 e. The van der Waals surface area contributed by atoms with Gasteiger partial charge in [0, 0.05) is 47.9 Å². The number of halogens is 2. The molecule has 0 saturated carbocycles. The van der Waals surface area contributed by atoms with Crippen LogP contribution in [0.5, 0.6) is 5.75 Å². The Kier molecular flexibility index (Phi) is 7.09. The van der Waals surface area contributed by atoms with Gasteiger partial charge in [0.25, 0.3) is 0 Å². The van der Waals surface area contributed by atoms with Crippen LogP contribution in [-0.4, -0.2) is 59.1 Å². The normalized spacial score (nSPS) is 14.8. The van der Waals surface area contributed by atoms with E-state index in [4.69, 9.17) is 32.5 Å². The largest absolute Gasteiger partial charge is 0.497 e. The molecule has 0 spiro atoms. The topological polar surface area (TPSA) is 71.7 Å². The molecular weight excluding hydrogens is 451 g/mol. The second kappa shape index (κ2) is 10.2. The van der Waals surface area contributed by atoms with Gasteiger partial charge in [-0.2, -0.15) is 4.98 Å². The molecule has 1 aliphatic heterocycles. The van der Waals surface area contributed by atoms with Crippen molar-refractivity contribution in [3.05, 3.63) is 70.0 Å². The van der Waals surface area contributed by atoms with Crippen LogP contribution in [0.2, 0.25) is 10.0 Å². The predicted octanol–water partition coefficient (Wildman–Crippen LogP) is 4.41. The maximum atomic E-state index is 12.5. The van der Waals surface area contributed by atoms with Gasteiger partial charge in [-0.3, -0.25) is 9.69 Å². The molecule has 9 heteroatoms. The lowest BCUT2D eigenvalue weighted by Gasteiger charge is -2.33. The number of methoxy groups -OCH3 is 1. The summed E-state index contributed by atoms with van der Waals surface area (Å²) in [5.74, 6) is 1.83. The summed E-state index contributed by atoms with van der Waals surface area (Å²) in [6, 6.07) is 12.7. The average molecular weight is 473 g/mol. The van der Waals surface area contributed by atoms with E-state index >= 15 is 0 Å². The molecule has 2 heterocycles. The highest BCUT2D eigenvalue weighted by Crippen LogP contribution is 2.21. The molecule has 0 bridgehead atoms. The van der Waals surface area contributed by atoms with Crippen LogP contribution in [0.1, 0.15) is 11.5 Å². The van der Waals surface area contributed by atoms with Crippen molar-refractivity contribution in [2.24, 2.45) is 0 Å². The van der Waals surface area contributed by atoms with Crippen LogP contribution in [-0.2, 0) is 11.3 Å². The van der Waals surface area contributed by atoms with E-state index in [0.717, 1.165) is 30.0 Å². The molecule has 7 nitrogen and oxygen atoms in total. The Morgan fingerprint density at radius 3 is 2.44 bits per heavy atom. The van der Waals surface area contributed by atoms with Gasteiger partial charge in [0.15, 0.2) is 0 Å². The van der Waals surface area contributed by atoms with Crippen molar-refractivity contribution >= 4 is 35.2 Å². The van der Waals surface area contributed by atoms with E-state index in [-0.39, 0.29) is 5.91 Å². The van der Waals surface area contributed by atoms with E-state index in [2.05, 4.69) is 15.0 Å². The zero-order chi connectivity index (χ0) is 22.5. The molecule has 1 fully saturated rings. The van der Waals surface area contributed by atoms with Crippen molar-refractivity contribution in [1.82, 2.24) is 19.9 Å². The molecule has 1 aromatic heterocycles. The Morgan fingerprint density at radius 1 is 1.09 bits per heavy atom. The third kappa shape index (κ3) is 5.68. The average Bonchev–Trinajstić information content (AvgIpc) is 3.26. The molecule has 1 saturated heterocycles. The summed E-state index contributed by atoms with van der Waals surface area (Å²) in [6.07, 6.45) is 3.28. The van der Waals surface area contributed by atoms with Crippen molar-refractivity contribution in [2.45, 2.75) is 6.54 Å². The minimum absolute atomic E-state index is 0.0414. The highest BCUT2D eigenvalue weighted by molar-refractivity contribution is 6.34. The lowest BCUT2D eigenvalue weighted by molar-refractivity contribution is -0.127. The van der Waals surface area contributed by atoms with Crippen molar-refractivity contribution in [3.63, 3.8) is 0 Å². The van der Waals surface area contributed by atoms with Crippen LogP contribution in [0.15, 0.2) is 53.1 Å². The van der Waals surface area contributed by atoms with Gasteiger partial charge in [-0.15, -0.1) is 0 Å².